The lowest BCUT2D eigenvalue weighted by Crippen LogP contribution is -2.10. The van der Waals surface area contributed by atoms with Crippen molar-refractivity contribution >= 4 is 5.78 Å². The molecule has 0 aromatic heterocycles. The summed E-state index contributed by atoms with van der Waals surface area (Å²) in [5.41, 5.74) is 3.33. The number of carbonyl (C=O) groups excluding carboxylic acids is 1. The molecule has 92 valence electrons. The Labute approximate surface area is 103 Å². The second kappa shape index (κ2) is 5.46. The minimum Gasteiger partial charge on any atom is -0.316 e. The number of benzene rings is 1. The minimum atomic E-state index is 0.292. The Bertz CT molecular complexity index is 405. The average molecular weight is 231 g/mol. The molecule has 1 fully saturated rings. The Morgan fingerprint density at radius 1 is 1.35 bits per heavy atom. The molecule has 1 aromatic carbocycles. The van der Waals surface area contributed by atoms with Gasteiger partial charge in [-0.25, -0.2) is 0 Å². The van der Waals surface area contributed by atoms with Crippen molar-refractivity contribution in [1.82, 2.24) is 5.32 Å². The molecule has 1 atom stereocenters. The molecule has 1 saturated heterocycles. The number of ketones is 1. The molecule has 17 heavy (non-hydrogen) atoms. The van der Waals surface area contributed by atoms with E-state index in [1.165, 1.54) is 17.5 Å². The first kappa shape index (κ1) is 12.3. The van der Waals surface area contributed by atoms with Crippen LogP contribution in [-0.2, 0) is 0 Å². The van der Waals surface area contributed by atoms with Gasteiger partial charge in [-0.05, 0) is 62.9 Å². The molecule has 0 saturated carbocycles. The van der Waals surface area contributed by atoms with Gasteiger partial charge in [0.15, 0.2) is 5.78 Å². The van der Waals surface area contributed by atoms with Gasteiger partial charge >= 0.3 is 0 Å². The summed E-state index contributed by atoms with van der Waals surface area (Å²) in [6.45, 7) is 6.34. The molecule has 0 bridgehead atoms. The molecular weight excluding hydrogens is 210 g/mol. The molecule has 2 nitrogen and oxygen atoms in total. The fourth-order valence-corrected chi connectivity index (χ4v) is 2.36. The van der Waals surface area contributed by atoms with Crippen molar-refractivity contribution < 1.29 is 4.79 Å². The number of aryl methyl sites for hydroxylation is 2. The highest BCUT2D eigenvalue weighted by atomic mass is 16.1. The Morgan fingerprint density at radius 3 is 2.82 bits per heavy atom. The molecule has 2 rings (SSSR count). The number of nitrogens with one attached hydrogen (secondary N) is 1. The number of carbonyl (C=O) groups is 1. The van der Waals surface area contributed by atoms with Crippen LogP contribution >= 0.6 is 0 Å². The van der Waals surface area contributed by atoms with Gasteiger partial charge in [-0.1, -0.05) is 12.1 Å². The largest absolute Gasteiger partial charge is 0.316 e. The third kappa shape index (κ3) is 3.16. The summed E-state index contributed by atoms with van der Waals surface area (Å²) in [6, 6.07) is 6.02. The SMILES string of the molecule is Cc1ccc(C(=O)CCC2CCNC2)cc1C. The molecule has 0 radical (unpaired) electrons. The van der Waals surface area contributed by atoms with Gasteiger partial charge < -0.3 is 5.32 Å². The Balaban J connectivity index is 1.92. The van der Waals surface area contributed by atoms with Gasteiger partial charge in [0.1, 0.15) is 0 Å². The van der Waals surface area contributed by atoms with Crippen LogP contribution in [0.5, 0.6) is 0 Å². The second-order valence-corrected chi connectivity index (χ2v) is 5.12. The van der Waals surface area contributed by atoms with E-state index in [1.54, 1.807) is 0 Å². The van der Waals surface area contributed by atoms with E-state index >= 15 is 0 Å². The Morgan fingerprint density at radius 2 is 2.18 bits per heavy atom. The van der Waals surface area contributed by atoms with Crippen molar-refractivity contribution in [1.29, 1.82) is 0 Å². The minimum absolute atomic E-state index is 0.292. The van der Waals surface area contributed by atoms with Crippen molar-refractivity contribution in [2.45, 2.75) is 33.1 Å². The van der Waals surface area contributed by atoms with Crippen LogP contribution in [0.2, 0.25) is 0 Å². The summed E-state index contributed by atoms with van der Waals surface area (Å²) in [6.07, 6.45) is 2.94. The highest BCUT2D eigenvalue weighted by molar-refractivity contribution is 5.96. The van der Waals surface area contributed by atoms with E-state index in [0.717, 1.165) is 25.1 Å². The van der Waals surface area contributed by atoms with Crippen LogP contribution in [-0.4, -0.2) is 18.9 Å². The van der Waals surface area contributed by atoms with Crippen molar-refractivity contribution in [3.8, 4) is 0 Å². The molecule has 1 aromatic rings. The lowest BCUT2D eigenvalue weighted by molar-refractivity contribution is 0.0974. The van der Waals surface area contributed by atoms with E-state index < -0.39 is 0 Å². The highest BCUT2D eigenvalue weighted by Crippen LogP contribution is 2.17. The third-order valence-corrected chi connectivity index (χ3v) is 3.77. The summed E-state index contributed by atoms with van der Waals surface area (Å²) in [4.78, 5) is 12.0. The van der Waals surface area contributed by atoms with E-state index in [1.807, 2.05) is 18.2 Å². The molecule has 2 heteroatoms. The molecule has 1 aliphatic rings. The maximum absolute atomic E-state index is 12.0. The number of hydrogen-bond acceptors (Lipinski definition) is 2. The monoisotopic (exact) mass is 231 g/mol. The van der Waals surface area contributed by atoms with Gasteiger partial charge in [-0.15, -0.1) is 0 Å². The quantitative estimate of drug-likeness (QED) is 0.807. The fourth-order valence-electron chi connectivity index (χ4n) is 2.36. The normalized spacial score (nSPS) is 19.5. The molecule has 0 amide bonds. The molecule has 1 unspecified atom stereocenters. The van der Waals surface area contributed by atoms with Crippen molar-refractivity contribution in [2.24, 2.45) is 5.92 Å². The number of rotatable bonds is 4. The van der Waals surface area contributed by atoms with E-state index in [-0.39, 0.29) is 0 Å². The first-order valence-electron chi connectivity index (χ1n) is 6.48. The Kier molecular flexibility index (Phi) is 3.95. The predicted octanol–water partition coefficient (Wildman–Crippen LogP) is 2.88. The van der Waals surface area contributed by atoms with E-state index in [4.69, 9.17) is 0 Å². The zero-order valence-electron chi connectivity index (χ0n) is 10.8. The maximum Gasteiger partial charge on any atom is 0.162 e. The van der Waals surface area contributed by atoms with Crippen LogP contribution in [0, 0.1) is 19.8 Å². The van der Waals surface area contributed by atoms with Gasteiger partial charge in [0, 0.05) is 12.0 Å². The molecule has 1 heterocycles. The molecule has 0 spiro atoms. The lowest BCUT2D eigenvalue weighted by Gasteiger charge is -2.08. The second-order valence-electron chi connectivity index (χ2n) is 5.12. The molecule has 1 aliphatic heterocycles. The lowest BCUT2D eigenvalue weighted by atomic mass is 9.96. The topological polar surface area (TPSA) is 29.1 Å². The summed E-state index contributed by atoms with van der Waals surface area (Å²) < 4.78 is 0. The number of hydrogen-bond donors (Lipinski definition) is 1. The molecule has 1 N–H and O–H groups in total. The maximum atomic E-state index is 12.0. The van der Waals surface area contributed by atoms with E-state index in [0.29, 0.717) is 18.1 Å². The van der Waals surface area contributed by atoms with Crippen LogP contribution in [0.4, 0.5) is 0 Å². The van der Waals surface area contributed by atoms with Gasteiger partial charge in [0.25, 0.3) is 0 Å². The summed E-state index contributed by atoms with van der Waals surface area (Å²) in [7, 11) is 0. The zero-order valence-corrected chi connectivity index (χ0v) is 10.8. The third-order valence-electron chi connectivity index (χ3n) is 3.77. The average Bonchev–Trinajstić information content (AvgIpc) is 2.82. The van der Waals surface area contributed by atoms with Gasteiger partial charge in [-0.3, -0.25) is 4.79 Å². The highest BCUT2D eigenvalue weighted by Gasteiger charge is 2.16. The summed E-state index contributed by atoms with van der Waals surface area (Å²) in [5.74, 6) is 0.991. The van der Waals surface area contributed by atoms with Crippen LogP contribution in [0.15, 0.2) is 18.2 Å². The first-order valence-corrected chi connectivity index (χ1v) is 6.48. The summed E-state index contributed by atoms with van der Waals surface area (Å²) >= 11 is 0. The van der Waals surface area contributed by atoms with Gasteiger partial charge in [-0.2, -0.15) is 0 Å². The van der Waals surface area contributed by atoms with Crippen LogP contribution in [0.3, 0.4) is 0 Å². The fraction of sp³-hybridized carbons (Fsp3) is 0.533. The van der Waals surface area contributed by atoms with Crippen LogP contribution < -0.4 is 5.32 Å². The summed E-state index contributed by atoms with van der Waals surface area (Å²) in [5, 5.41) is 3.34. The van der Waals surface area contributed by atoms with Crippen molar-refractivity contribution in [2.75, 3.05) is 13.1 Å². The smallest absolute Gasteiger partial charge is 0.162 e. The van der Waals surface area contributed by atoms with Gasteiger partial charge in [0.05, 0.1) is 0 Å². The van der Waals surface area contributed by atoms with Crippen molar-refractivity contribution in [3.05, 3.63) is 34.9 Å². The van der Waals surface area contributed by atoms with Gasteiger partial charge in [0.2, 0.25) is 0 Å². The molecular formula is C15H21NO. The first-order chi connectivity index (χ1) is 8.16. The van der Waals surface area contributed by atoms with E-state index in [2.05, 4.69) is 19.2 Å². The van der Waals surface area contributed by atoms with Crippen molar-refractivity contribution in [3.63, 3.8) is 0 Å². The van der Waals surface area contributed by atoms with Crippen LogP contribution in [0.25, 0.3) is 0 Å². The Hall–Kier alpha value is -1.15. The number of Topliss-reactive ketones (excluding diaryl/α,β-unsaturated/α-hetero) is 1. The van der Waals surface area contributed by atoms with Crippen LogP contribution in [0.1, 0.15) is 40.7 Å². The standard InChI is InChI=1S/C15H21NO/c1-11-3-5-14(9-12(11)2)15(17)6-4-13-7-8-16-10-13/h3,5,9,13,16H,4,6-8,10H2,1-2H3. The van der Waals surface area contributed by atoms with E-state index in [9.17, 15) is 4.79 Å². The predicted molar refractivity (Wildman–Crippen MR) is 70.5 cm³/mol. The zero-order chi connectivity index (χ0) is 12.3. The molecule has 0 aliphatic carbocycles.